The number of nitrogens with zero attached hydrogens (tertiary/aromatic N) is 4. The summed E-state index contributed by atoms with van der Waals surface area (Å²) in [6.07, 6.45) is 5.71. The molecule has 0 fully saturated rings. The summed E-state index contributed by atoms with van der Waals surface area (Å²) in [5.74, 6) is -0.0996. The Hall–Kier alpha value is -2.96. The Bertz CT molecular complexity index is 927. The molecule has 1 amide bonds. The minimum atomic E-state index is -0.101. The normalized spacial score (nSPS) is 12.3. The molecule has 1 aromatic carbocycles. The lowest BCUT2D eigenvalue weighted by molar-refractivity contribution is -0.122. The minimum Gasteiger partial charge on any atom is -0.350 e. The lowest BCUT2D eigenvalue weighted by Crippen LogP contribution is -2.37. The molecule has 0 aliphatic heterocycles. The van der Waals surface area contributed by atoms with E-state index in [1.165, 1.54) is 6.33 Å². The van der Waals surface area contributed by atoms with Gasteiger partial charge in [0.15, 0.2) is 5.78 Å². The molecule has 0 saturated heterocycles. The van der Waals surface area contributed by atoms with Crippen LogP contribution in [0.5, 0.6) is 0 Å². The van der Waals surface area contributed by atoms with Crippen LogP contribution in [0.2, 0.25) is 0 Å². The van der Waals surface area contributed by atoms with Crippen molar-refractivity contribution in [2.45, 2.75) is 46.3 Å². The highest BCUT2D eigenvalue weighted by Crippen LogP contribution is 2.25. The van der Waals surface area contributed by atoms with E-state index < -0.39 is 0 Å². The van der Waals surface area contributed by atoms with Gasteiger partial charge in [-0.05, 0) is 25.8 Å². The van der Waals surface area contributed by atoms with E-state index in [1.54, 1.807) is 24.1 Å². The molecule has 1 atom stereocenters. The van der Waals surface area contributed by atoms with Crippen molar-refractivity contribution in [1.82, 2.24) is 24.6 Å². The van der Waals surface area contributed by atoms with Crippen LogP contribution in [0, 0.1) is 0 Å². The fourth-order valence-corrected chi connectivity index (χ4v) is 3.26. The van der Waals surface area contributed by atoms with Crippen molar-refractivity contribution in [1.29, 1.82) is 0 Å². The second-order valence-electron chi connectivity index (χ2n) is 6.48. The van der Waals surface area contributed by atoms with Crippen molar-refractivity contribution in [3.05, 3.63) is 48.2 Å². The Morgan fingerprint density at radius 1 is 1.31 bits per heavy atom. The maximum absolute atomic E-state index is 12.5. The number of para-hydroxylation sites is 1. The van der Waals surface area contributed by atoms with Gasteiger partial charge in [0.05, 0.1) is 12.1 Å². The molecule has 3 aromatic rings. The van der Waals surface area contributed by atoms with E-state index >= 15 is 0 Å². The van der Waals surface area contributed by atoms with Crippen molar-refractivity contribution < 1.29 is 9.59 Å². The first-order valence-electron chi connectivity index (χ1n) is 8.73. The SMILES string of the molecule is CCc1cccc2c(C(C)=O)cn(CC(=O)N[C@@H](C)Cn3cncn3)c12. The van der Waals surface area contributed by atoms with E-state index in [-0.39, 0.29) is 24.3 Å². The van der Waals surface area contributed by atoms with E-state index in [0.717, 1.165) is 22.9 Å². The van der Waals surface area contributed by atoms with Gasteiger partial charge in [-0.25, -0.2) is 4.98 Å². The van der Waals surface area contributed by atoms with Gasteiger partial charge in [0, 0.05) is 23.2 Å². The molecule has 1 N–H and O–H groups in total. The Morgan fingerprint density at radius 3 is 2.77 bits per heavy atom. The number of Topliss-reactive ketones (excluding diaryl/α,β-unsaturated/α-hetero) is 1. The number of nitrogens with one attached hydrogen (secondary N) is 1. The molecule has 0 radical (unpaired) electrons. The number of ketones is 1. The predicted octanol–water partition coefficient (Wildman–Crippen LogP) is 2.20. The average molecular weight is 353 g/mol. The quantitative estimate of drug-likeness (QED) is 0.660. The summed E-state index contributed by atoms with van der Waals surface area (Å²) in [4.78, 5) is 28.4. The molecule has 3 rings (SSSR count). The Morgan fingerprint density at radius 2 is 2.12 bits per heavy atom. The first-order valence-corrected chi connectivity index (χ1v) is 8.73. The summed E-state index contributed by atoms with van der Waals surface area (Å²) < 4.78 is 3.56. The number of aromatic nitrogens is 4. The monoisotopic (exact) mass is 353 g/mol. The zero-order valence-electron chi connectivity index (χ0n) is 15.3. The van der Waals surface area contributed by atoms with Crippen molar-refractivity contribution >= 4 is 22.6 Å². The fraction of sp³-hybridized carbons (Fsp3) is 0.368. The van der Waals surface area contributed by atoms with Crippen molar-refractivity contribution in [3.8, 4) is 0 Å². The van der Waals surface area contributed by atoms with Crippen LogP contribution >= 0.6 is 0 Å². The number of aryl methyl sites for hydroxylation is 1. The van der Waals surface area contributed by atoms with Gasteiger partial charge < -0.3 is 9.88 Å². The third kappa shape index (κ3) is 3.66. The van der Waals surface area contributed by atoms with Crippen molar-refractivity contribution in [2.75, 3.05) is 0 Å². The third-order valence-electron chi connectivity index (χ3n) is 4.39. The fourth-order valence-electron chi connectivity index (χ4n) is 3.26. The second kappa shape index (κ2) is 7.51. The second-order valence-corrected chi connectivity index (χ2v) is 6.48. The lowest BCUT2D eigenvalue weighted by Gasteiger charge is -2.15. The Labute approximate surface area is 152 Å². The minimum absolute atomic E-state index is 0.00182. The lowest BCUT2D eigenvalue weighted by atomic mass is 10.1. The van der Waals surface area contributed by atoms with Gasteiger partial charge in [0.2, 0.25) is 5.91 Å². The number of carbonyl (C=O) groups excluding carboxylic acids is 2. The van der Waals surface area contributed by atoms with E-state index in [1.807, 2.05) is 29.7 Å². The van der Waals surface area contributed by atoms with E-state index in [2.05, 4.69) is 22.3 Å². The van der Waals surface area contributed by atoms with E-state index in [0.29, 0.717) is 12.1 Å². The number of hydrogen-bond donors (Lipinski definition) is 1. The summed E-state index contributed by atoms with van der Waals surface area (Å²) in [6.45, 7) is 6.27. The van der Waals surface area contributed by atoms with Gasteiger partial charge in [-0.1, -0.05) is 25.1 Å². The van der Waals surface area contributed by atoms with Gasteiger partial charge in [0.25, 0.3) is 0 Å². The predicted molar refractivity (Wildman–Crippen MR) is 98.9 cm³/mol. The molecule has 0 bridgehead atoms. The van der Waals surface area contributed by atoms with E-state index in [9.17, 15) is 9.59 Å². The van der Waals surface area contributed by atoms with Crippen LogP contribution in [-0.4, -0.2) is 37.1 Å². The maximum Gasteiger partial charge on any atom is 0.240 e. The molecule has 7 heteroatoms. The highest BCUT2D eigenvalue weighted by Gasteiger charge is 2.17. The Kier molecular flexibility index (Phi) is 5.16. The highest BCUT2D eigenvalue weighted by molar-refractivity contribution is 6.07. The number of amides is 1. The van der Waals surface area contributed by atoms with Crippen LogP contribution in [0.3, 0.4) is 0 Å². The molecule has 0 aliphatic rings. The number of fused-ring (bicyclic) bond motifs is 1. The molecule has 0 saturated carbocycles. The van der Waals surface area contributed by atoms with Gasteiger partial charge in [0.1, 0.15) is 19.2 Å². The van der Waals surface area contributed by atoms with E-state index in [4.69, 9.17) is 0 Å². The Balaban J connectivity index is 1.81. The van der Waals surface area contributed by atoms with Crippen LogP contribution in [0.4, 0.5) is 0 Å². The molecule has 2 aromatic heterocycles. The number of rotatable bonds is 7. The molecule has 26 heavy (non-hydrogen) atoms. The topological polar surface area (TPSA) is 81.8 Å². The number of carbonyl (C=O) groups is 2. The van der Waals surface area contributed by atoms with Crippen LogP contribution < -0.4 is 5.32 Å². The van der Waals surface area contributed by atoms with Crippen LogP contribution in [0.15, 0.2) is 37.1 Å². The summed E-state index contributed by atoms with van der Waals surface area (Å²) in [7, 11) is 0. The maximum atomic E-state index is 12.5. The number of benzene rings is 1. The summed E-state index contributed by atoms with van der Waals surface area (Å²) in [5.41, 5.74) is 2.73. The molecule has 0 spiro atoms. The number of hydrogen-bond acceptors (Lipinski definition) is 4. The molecular weight excluding hydrogens is 330 g/mol. The summed E-state index contributed by atoms with van der Waals surface area (Å²) >= 11 is 0. The molecule has 2 heterocycles. The molecular formula is C19H23N5O2. The molecule has 136 valence electrons. The molecule has 0 unspecified atom stereocenters. The van der Waals surface area contributed by atoms with Gasteiger partial charge in [-0.2, -0.15) is 5.10 Å². The standard InChI is InChI=1S/C19H23N5O2/c1-4-15-6-5-7-16-17(14(3)25)9-23(19(15)16)10-18(26)22-13(2)8-24-12-20-11-21-24/h5-7,9,11-13H,4,8,10H2,1-3H3,(H,22,26)/t13-/m0/s1. The first-order chi connectivity index (χ1) is 12.5. The zero-order valence-corrected chi connectivity index (χ0v) is 15.3. The van der Waals surface area contributed by atoms with Crippen molar-refractivity contribution in [3.63, 3.8) is 0 Å². The van der Waals surface area contributed by atoms with Gasteiger partial charge >= 0.3 is 0 Å². The van der Waals surface area contributed by atoms with Crippen LogP contribution in [-0.2, 0) is 24.3 Å². The third-order valence-corrected chi connectivity index (χ3v) is 4.39. The summed E-state index contributed by atoms with van der Waals surface area (Å²) in [5, 5.41) is 7.92. The van der Waals surface area contributed by atoms with Gasteiger partial charge in [-0.3, -0.25) is 14.3 Å². The molecule has 7 nitrogen and oxygen atoms in total. The zero-order chi connectivity index (χ0) is 18.7. The summed E-state index contributed by atoms with van der Waals surface area (Å²) in [6, 6.07) is 5.85. The highest BCUT2D eigenvalue weighted by atomic mass is 16.2. The van der Waals surface area contributed by atoms with Crippen LogP contribution in [0.25, 0.3) is 10.9 Å². The van der Waals surface area contributed by atoms with Crippen molar-refractivity contribution in [2.24, 2.45) is 0 Å². The first kappa shape index (κ1) is 17.8. The molecule has 0 aliphatic carbocycles. The van der Waals surface area contributed by atoms with Crippen LogP contribution in [0.1, 0.15) is 36.7 Å². The van der Waals surface area contributed by atoms with Gasteiger partial charge in [-0.15, -0.1) is 0 Å². The largest absolute Gasteiger partial charge is 0.350 e. The smallest absolute Gasteiger partial charge is 0.240 e. The average Bonchev–Trinajstić information content (AvgIpc) is 3.22.